The van der Waals surface area contributed by atoms with E-state index in [1.54, 1.807) is 6.92 Å². The van der Waals surface area contributed by atoms with Gasteiger partial charge in [0.05, 0.1) is 5.60 Å². The van der Waals surface area contributed by atoms with Crippen LogP contribution < -0.4 is 5.32 Å². The minimum atomic E-state index is -0.786. The third kappa shape index (κ3) is 4.94. The van der Waals surface area contributed by atoms with Gasteiger partial charge in [0.15, 0.2) is 0 Å². The fourth-order valence-electron chi connectivity index (χ4n) is 2.38. The van der Waals surface area contributed by atoms with Gasteiger partial charge in [0.1, 0.15) is 0 Å². The van der Waals surface area contributed by atoms with Gasteiger partial charge < -0.3 is 15.3 Å². The van der Waals surface area contributed by atoms with Gasteiger partial charge in [-0.05, 0) is 32.1 Å². The zero-order valence-electron chi connectivity index (χ0n) is 11.3. The van der Waals surface area contributed by atoms with Crippen molar-refractivity contribution in [2.24, 2.45) is 5.92 Å². The number of likely N-dealkylation sites (tertiary alicyclic amines) is 1. The molecule has 4 heteroatoms. The Hall–Kier alpha value is -0.770. The summed E-state index contributed by atoms with van der Waals surface area (Å²) in [6.45, 7) is 7.99. The minimum Gasteiger partial charge on any atom is -0.388 e. The van der Waals surface area contributed by atoms with Crippen LogP contribution >= 0.6 is 0 Å². The number of carbonyl (C=O) groups excluding carboxylic acids is 1. The number of nitrogens with one attached hydrogen (secondary N) is 1. The fourth-order valence-corrected chi connectivity index (χ4v) is 2.38. The number of hydrogen-bond acceptors (Lipinski definition) is 2. The third-order valence-corrected chi connectivity index (χ3v) is 3.35. The summed E-state index contributed by atoms with van der Waals surface area (Å²) in [5, 5.41) is 12.8. The van der Waals surface area contributed by atoms with E-state index in [1.807, 2.05) is 11.8 Å². The van der Waals surface area contributed by atoms with E-state index in [1.165, 1.54) is 6.42 Å². The van der Waals surface area contributed by atoms with Crippen molar-refractivity contribution in [3.8, 4) is 0 Å². The molecule has 0 aromatic rings. The van der Waals surface area contributed by atoms with Gasteiger partial charge in [-0.25, -0.2) is 4.79 Å². The van der Waals surface area contributed by atoms with Crippen LogP contribution in [0.4, 0.5) is 4.79 Å². The number of amides is 2. The standard InChI is InChI=1S/C13H26N2O2/c1-4-7-13(3,17)10-14-12(16)15-8-5-6-11(2)9-15/h11,17H,4-10H2,1-3H3,(H,14,16). The largest absolute Gasteiger partial charge is 0.388 e. The number of rotatable bonds is 4. The highest BCUT2D eigenvalue weighted by Crippen LogP contribution is 2.16. The van der Waals surface area contributed by atoms with Gasteiger partial charge in [-0.3, -0.25) is 0 Å². The lowest BCUT2D eigenvalue weighted by atomic mass is 10.00. The number of carbonyl (C=O) groups is 1. The van der Waals surface area contributed by atoms with Crippen LogP contribution in [-0.4, -0.2) is 41.3 Å². The van der Waals surface area contributed by atoms with Crippen LogP contribution in [0.5, 0.6) is 0 Å². The Morgan fingerprint density at radius 2 is 2.29 bits per heavy atom. The highest BCUT2D eigenvalue weighted by Gasteiger charge is 2.24. The lowest BCUT2D eigenvalue weighted by Crippen LogP contribution is -2.49. The molecule has 0 spiro atoms. The number of aliphatic hydroxyl groups is 1. The van der Waals surface area contributed by atoms with Crippen LogP contribution in [0.3, 0.4) is 0 Å². The molecule has 17 heavy (non-hydrogen) atoms. The molecule has 2 amide bonds. The van der Waals surface area contributed by atoms with Crippen LogP contribution in [0.2, 0.25) is 0 Å². The molecule has 1 saturated heterocycles. The Morgan fingerprint density at radius 1 is 1.59 bits per heavy atom. The number of nitrogens with zero attached hydrogens (tertiary/aromatic N) is 1. The molecule has 2 N–H and O–H groups in total. The lowest BCUT2D eigenvalue weighted by Gasteiger charge is -2.32. The Labute approximate surface area is 104 Å². The van der Waals surface area contributed by atoms with E-state index >= 15 is 0 Å². The molecule has 2 unspecified atom stereocenters. The van der Waals surface area contributed by atoms with Gasteiger partial charge in [0, 0.05) is 19.6 Å². The van der Waals surface area contributed by atoms with Gasteiger partial charge in [-0.15, -0.1) is 0 Å². The van der Waals surface area contributed by atoms with Crippen LogP contribution in [0.1, 0.15) is 46.5 Å². The van der Waals surface area contributed by atoms with Crippen molar-refractivity contribution in [3.63, 3.8) is 0 Å². The molecule has 0 aromatic heterocycles. The molecular weight excluding hydrogens is 216 g/mol. The van der Waals surface area contributed by atoms with E-state index in [9.17, 15) is 9.90 Å². The van der Waals surface area contributed by atoms with Gasteiger partial charge >= 0.3 is 6.03 Å². The summed E-state index contributed by atoms with van der Waals surface area (Å²) in [7, 11) is 0. The summed E-state index contributed by atoms with van der Waals surface area (Å²) in [5.41, 5.74) is -0.786. The minimum absolute atomic E-state index is 0.0343. The number of piperidine rings is 1. The summed E-state index contributed by atoms with van der Waals surface area (Å²) < 4.78 is 0. The molecule has 0 aromatic carbocycles. The van der Waals surface area contributed by atoms with Crippen molar-refractivity contribution < 1.29 is 9.90 Å². The average molecular weight is 242 g/mol. The first kappa shape index (κ1) is 14.3. The third-order valence-electron chi connectivity index (χ3n) is 3.35. The van der Waals surface area contributed by atoms with Crippen molar-refractivity contribution in [1.82, 2.24) is 10.2 Å². The van der Waals surface area contributed by atoms with Crippen molar-refractivity contribution in [2.75, 3.05) is 19.6 Å². The van der Waals surface area contributed by atoms with E-state index in [2.05, 4.69) is 12.2 Å². The molecule has 0 saturated carbocycles. The summed E-state index contributed by atoms with van der Waals surface area (Å²) in [6.07, 6.45) is 3.92. The fraction of sp³-hybridized carbons (Fsp3) is 0.923. The van der Waals surface area contributed by atoms with Crippen LogP contribution in [-0.2, 0) is 0 Å². The molecule has 0 radical (unpaired) electrons. The van der Waals surface area contributed by atoms with E-state index in [0.717, 1.165) is 25.9 Å². The molecular formula is C13H26N2O2. The maximum Gasteiger partial charge on any atom is 0.317 e. The zero-order chi connectivity index (χ0) is 12.9. The Morgan fingerprint density at radius 3 is 2.88 bits per heavy atom. The van der Waals surface area contributed by atoms with Gasteiger partial charge in [0.25, 0.3) is 0 Å². The first-order valence-corrected chi connectivity index (χ1v) is 6.70. The Bertz CT molecular complexity index is 254. The predicted molar refractivity (Wildman–Crippen MR) is 68.9 cm³/mol. The molecule has 1 heterocycles. The van der Waals surface area contributed by atoms with Crippen molar-refractivity contribution in [3.05, 3.63) is 0 Å². The second-order valence-corrected chi connectivity index (χ2v) is 5.60. The SMILES string of the molecule is CCCC(C)(O)CNC(=O)N1CCCC(C)C1. The van der Waals surface area contributed by atoms with Gasteiger partial charge in [0.2, 0.25) is 0 Å². The second kappa shape index (κ2) is 6.24. The first-order valence-electron chi connectivity index (χ1n) is 6.70. The normalized spacial score (nSPS) is 24.2. The molecule has 1 aliphatic rings. The monoisotopic (exact) mass is 242 g/mol. The predicted octanol–water partition coefficient (Wildman–Crippen LogP) is 1.98. The topological polar surface area (TPSA) is 52.6 Å². The van der Waals surface area contributed by atoms with Gasteiger partial charge in [-0.2, -0.15) is 0 Å². The van der Waals surface area contributed by atoms with Crippen molar-refractivity contribution in [1.29, 1.82) is 0 Å². The summed E-state index contributed by atoms with van der Waals surface area (Å²) in [5.74, 6) is 0.589. The van der Waals surface area contributed by atoms with Crippen molar-refractivity contribution >= 4 is 6.03 Å². The van der Waals surface area contributed by atoms with Gasteiger partial charge in [-0.1, -0.05) is 20.3 Å². The van der Waals surface area contributed by atoms with E-state index in [4.69, 9.17) is 0 Å². The molecule has 0 bridgehead atoms. The summed E-state index contributed by atoms with van der Waals surface area (Å²) in [6, 6.07) is -0.0343. The van der Waals surface area contributed by atoms with Crippen LogP contribution in [0.25, 0.3) is 0 Å². The molecule has 4 nitrogen and oxygen atoms in total. The van der Waals surface area contributed by atoms with E-state index in [-0.39, 0.29) is 6.03 Å². The Kier molecular flexibility index (Phi) is 5.25. The highest BCUT2D eigenvalue weighted by atomic mass is 16.3. The smallest absolute Gasteiger partial charge is 0.317 e. The molecule has 1 aliphatic heterocycles. The quantitative estimate of drug-likeness (QED) is 0.792. The molecule has 1 rings (SSSR count). The molecule has 0 aliphatic carbocycles. The van der Waals surface area contributed by atoms with E-state index in [0.29, 0.717) is 18.9 Å². The van der Waals surface area contributed by atoms with Crippen LogP contribution in [0, 0.1) is 5.92 Å². The number of urea groups is 1. The Balaban J connectivity index is 2.33. The second-order valence-electron chi connectivity index (χ2n) is 5.60. The number of hydrogen-bond donors (Lipinski definition) is 2. The maximum atomic E-state index is 11.9. The lowest BCUT2D eigenvalue weighted by molar-refractivity contribution is 0.0500. The maximum absolute atomic E-state index is 11.9. The molecule has 100 valence electrons. The van der Waals surface area contributed by atoms with Crippen LogP contribution in [0.15, 0.2) is 0 Å². The van der Waals surface area contributed by atoms with Crippen molar-refractivity contribution in [2.45, 2.75) is 52.1 Å². The first-order chi connectivity index (χ1) is 7.94. The highest BCUT2D eigenvalue weighted by molar-refractivity contribution is 5.74. The summed E-state index contributed by atoms with van der Waals surface area (Å²) >= 11 is 0. The average Bonchev–Trinajstić information content (AvgIpc) is 2.26. The zero-order valence-corrected chi connectivity index (χ0v) is 11.3. The van der Waals surface area contributed by atoms with E-state index < -0.39 is 5.60 Å². The summed E-state index contributed by atoms with van der Waals surface area (Å²) in [4.78, 5) is 13.8. The molecule has 1 fully saturated rings. The molecule has 2 atom stereocenters.